The zero-order valence-electron chi connectivity index (χ0n) is 11.4. The maximum Gasteiger partial charge on any atom is 0.241 e. The molecule has 110 valence electrons. The molecule has 2 rings (SSSR count). The Bertz CT molecular complexity index is 619. The molecule has 0 aliphatic heterocycles. The first-order chi connectivity index (χ1) is 10.1. The molecule has 0 fully saturated rings. The maximum absolute atomic E-state index is 13.7. The summed E-state index contributed by atoms with van der Waals surface area (Å²) in [6.07, 6.45) is 1.17. The van der Waals surface area contributed by atoms with E-state index < -0.39 is 17.8 Å². The highest BCUT2D eigenvalue weighted by atomic mass is 35.5. The summed E-state index contributed by atoms with van der Waals surface area (Å²) in [6, 6.07) is 13.5. The van der Waals surface area contributed by atoms with Crippen LogP contribution in [-0.2, 0) is 11.2 Å². The van der Waals surface area contributed by atoms with E-state index in [4.69, 9.17) is 17.3 Å². The van der Waals surface area contributed by atoms with E-state index in [2.05, 4.69) is 5.32 Å². The van der Waals surface area contributed by atoms with Crippen molar-refractivity contribution >= 4 is 23.2 Å². The largest absolute Gasteiger partial charge is 0.322 e. The Kier molecular flexibility index (Phi) is 5.31. The zero-order valence-corrected chi connectivity index (χ0v) is 12.1. The van der Waals surface area contributed by atoms with Crippen molar-refractivity contribution in [1.29, 1.82) is 0 Å². The minimum absolute atomic E-state index is 0.0364. The maximum atomic E-state index is 13.7. The molecular weight excluding hydrogens is 291 g/mol. The number of aryl methyl sites for hydroxylation is 1. The van der Waals surface area contributed by atoms with E-state index in [0.717, 1.165) is 5.56 Å². The highest BCUT2D eigenvalue weighted by Gasteiger charge is 2.16. The van der Waals surface area contributed by atoms with Crippen LogP contribution in [-0.4, -0.2) is 11.9 Å². The van der Waals surface area contributed by atoms with Gasteiger partial charge in [0.2, 0.25) is 5.91 Å². The Morgan fingerprint density at radius 2 is 1.90 bits per heavy atom. The predicted octanol–water partition coefficient (Wildman–Crippen LogP) is 3.38. The van der Waals surface area contributed by atoms with Crippen molar-refractivity contribution < 1.29 is 9.18 Å². The molecule has 0 aromatic heterocycles. The summed E-state index contributed by atoms with van der Waals surface area (Å²) >= 11 is 5.66. The normalized spacial score (nSPS) is 12.0. The van der Waals surface area contributed by atoms with Gasteiger partial charge in [0.15, 0.2) is 5.82 Å². The number of amides is 1. The Morgan fingerprint density at radius 3 is 2.62 bits per heavy atom. The summed E-state index contributed by atoms with van der Waals surface area (Å²) < 4.78 is 13.7. The van der Waals surface area contributed by atoms with E-state index in [1.54, 1.807) is 6.07 Å². The minimum Gasteiger partial charge on any atom is -0.322 e. The zero-order chi connectivity index (χ0) is 15.2. The lowest BCUT2D eigenvalue weighted by Crippen LogP contribution is -2.36. The van der Waals surface area contributed by atoms with Crippen LogP contribution in [0.25, 0.3) is 0 Å². The van der Waals surface area contributed by atoms with E-state index in [-0.39, 0.29) is 10.7 Å². The molecule has 1 amide bonds. The van der Waals surface area contributed by atoms with E-state index in [1.807, 2.05) is 30.3 Å². The van der Waals surface area contributed by atoms with Gasteiger partial charge >= 0.3 is 0 Å². The number of anilines is 1. The monoisotopic (exact) mass is 306 g/mol. The first kappa shape index (κ1) is 15.5. The number of carbonyl (C=O) groups is 1. The number of carbonyl (C=O) groups excluding carboxylic acids is 1. The first-order valence-corrected chi connectivity index (χ1v) is 7.00. The van der Waals surface area contributed by atoms with Crippen LogP contribution in [0.5, 0.6) is 0 Å². The van der Waals surface area contributed by atoms with Gasteiger partial charge in [-0.05, 0) is 30.5 Å². The molecule has 3 N–H and O–H groups in total. The Hall–Kier alpha value is -1.91. The van der Waals surface area contributed by atoms with Gasteiger partial charge in [0.25, 0.3) is 0 Å². The van der Waals surface area contributed by atoms with Gasteiger partial charge in [-0.25, -0.2) is 4.39 Å². The second-order valence-electron chi connectivity index (χ2n) is 4.72. The van der Waals surface area contributed by atoms with Crippen molar-refractivity contribution in [3.8, 4) is 0 Å². The minimum atomic E-state index is -0.705. The number of hydrogen-bond donors (Lipinski definition) is 2. The van der Waals surface area contributed by atoms with E-state index in [0.29, 0.717) is 12.8 Å². The molecule has 1 atom stereocenters. The summed E-state index contributed by atoms with van der Waals surface area (Å²) in [4.78, 5) is 12.0. The van der Waals surface area contributed by atoms with Gasteiger partial charge in [-0.15, -0.1) is 0 Å². The second kappa shape index (κ2) is 7.20. The van der Waals surface area contributed by atoms with Gasteiger partial charge in [-0.3, -0.25) is 4.79 Å². The molecule has 2 aromatic rings. The fourth-order valence-corrected chi connectivity index (χ4v) is 2.10. The van der Waals surface area contributed by atoms with E-state index in [1.165, 1.54) is 12.1 Å². The summed E-state index contributed by atoms with van der Waals surface area (Å²) in [6.45, 7) is 0. The fourth-order valence-electron chi connectivity index (χ4n) is 1.92. The Morgan fingerprint density at radius 1 is 1.19 bits per heavy atom. The van der Waals surface area contributed by atoms with Crippen molar-refractivity contribution in [2.24, 2.45) is 5.73 Å². The average molecular weight is 307 g/mol. The first-order valence-electron chi connectivity index (χ1n) is 6.62. The lowest BCUT2D eigenvalue weighted by Gasteiger charge is -2.13. The molecule has 0 heterocycles. The lowest BCUT2D eigenvalue weighted by molar-refractivity contribution is -0.117. The highest BCUT2D eigenvalue weighted by molar-refractivity contribution is 6.31. The SMILES string of the molecule is N[C@@H](CCc1ccccc1)C(=O)Nc1cccc(Cl)c1F. The van der Waals surface area contributed by atoms with Crippen molar-refractivity contribution in [2.75, 3.05) is 5.32 Å². The smallest absolute Gasteiger partial charge is 0.241 e. The molecule has 0 unspecified atom stereocenters. The van der Waals surface area contributed by atoms with Crippen molar-refractivity contribution in [3.63, 3.8) is 0 Å². The molecule has 2 aromatic carbocycles. The van der Waals surface area contributed by atoms with Crippen LogP contribution in [0, 0.1) is 5.82 Å². The van der Waals surface area contributed by atoms with Gasteiger partial charge in [-0.2, -0.15) is 0 Å². The molecule has 0 spiro atoms. The highest BCUT2D eigenvalue weighted by Crippen LogP contribution is 2.22. The molecule has 0 aliphatic carbocycles. The number of hydrogen-bond acceptors (Lipinski definition) is 2. The summed E-state index contributed by atoms with van der Waals surface area (Å²) in [5.41, 5.74) is 6.98. The predicted molar refractivity (Wildman–Crippen MR) is 82.8 cm³/mol. The van der Waals surface area contributed by atoms with Crippen LogP contribution >= 0.6 is 11.6 Å². The number of nitrogens with two attached hydrogens (primary N) is 1. The molecular formula is C16H16ClFN2O. The summed E-state index contributed by atoms with van der Waals surface area (Å²) in [5.74, 6) is -1.07. The summed E-state index contributed by atoms with van der Waals surface area (Å²) in [7, 11) is 0. The van der Waals surface area contributed by atoms with Crippen LogP contribution in [0.1, 0.15) is 12.0 Å². The van der Waals surface area contributed by atoms with Crippen LogP contribution in [0.4, 0.5) is 10.1 Å². The van der Waals surface area contributed by atoms with E-state index in [9.17, 15) is 9.18 Å². The summed E-state index contributed by atoms with van der Waals surface area (Å²) in [5, 5.41) is 2.43. The van der Waals surface area contributed by atoms with Crippen LogP contribution in [0.3, 0.4) is 0 Å². The van der Waals surface area contributed by atoms with Crippen LogP contribution in [0.15, 0.2) is 48.5 Å². The molecule has 0 bridgehead atoms. The molecule has 21 heavy (non-hydrogen) atoms. The number of benzene rings is 2. The third-order valence-electron chi connectivity index (χ3n) is 3.13. The third kappa shape index (κ3) is 4.28. The molecule has 0 radical (unpaired) electrons. The fraction of sp³-hybridized carbons (Fsp3) is 0.188. The topological polar surface area (TPSA) is 55.1 Å². The van der Waals surface area contributed by atoms with Gasteiger partial charge in [0.05, 0.1) is 16.8 Å². The average Bonchev–Trinajstić information content (AvgIpc) is 2.50. The number of halogens is 2. The van der Waals surface area contributed by atoms with Gasteiger partial charge in [-0.1, -0.05) is 48.0 Å². The van der Waals surface area contributed by atoms with E-state index >= 15 is 0 Å². The van der Waals surface area contributed by atoms with Gasteiger partial charge in [0.1, 0.15) is 0 Å². The van der Waals surface area contributed by atoms with Crippen LogP contribution in [0.2, 0.25) is 5.02 Å². The second-order valence-corrected chi connectivity index (χ2v) is 5.13. The number of nitrogens with one attached hydrogen (secondary N) is 1. The lowest BCUT2D eigenvalue weighted by atomic mass is 10.1. The Balaban J connectivity index is 1.92. The van der Waals surface area contributed by atoms with Gasteiger partial charge < -0.3 is 11.1 Å². The quantitative estimate of drug-likeness (QED) is 0.890. The van der Waals surface area contributed by atoms with Crippen molar-refractivity contribution in [3.05, 3.63) is 64.9 Å². The Labute approximate surface area is 127 Å². The standard InChI is InChI=1S/C16H16ClFN2O/c17-12-7-4-8-14(15(12)18)20-16(21)13(19)10-9-11-5-2-1-3-6-11/h1-8,13H,9-10,19H2,(H,20,21)/t13-/m0/s1. The third-order valence-corrected chi connectivity index (χ3v) is 3.42. The van der Waals surface area contributed by atoms with Crippen molar-refractivity contribution in [1.82, 2.24) is 0 Å². The van der Waals surface area contributed by atoms with Crippen LogP contribution < -0.4 is 11.1 Å². The molecule has 0 saturated carbocycles. The molecule has 3 nitrogen and oxygen atoms in total. The number of rotatable bonds is 5. The molecule has 0 aliphatic rings. The van der Waals surface area contributed by atoms with Gasteiger partial charge in [0, 0.05) is 0 Å². The molecule has 0 saturated heterocycles. The molecule has 5 heteroatoms. The van der Waals surface area contributed by atoms with Crippen molar-refractivity contribution in [2.45, 2.75) is 18.9 Å².